The number of carbonyl (C=O) groups excluding carboxylic acids is 1. The van der Waals surface area contributed by atoms with Crippen molar-refractivity contribution in [1.29, 1.82) is 0 Å². The van der Waals surface area contributed by atoms with E-state index in [-0.39, 0.29) is 4.32 Å². The van der Waals surface area contributed by atoms with Crippen molar-refractivity contribution in [2.45, 2.75) is 26.2 Å². The number of nitrogens with zero attached hydrogens (tertiary/aromatic N) is 2. The molecule has 1 aliphatic heterocycles. The number of thioether (sulfide) groups is 1. The summed E-state index contributed by atoms with van der Waals surface area (Å²) in [4.78, 5) is 28.0. The molecule has 1 saturated heterocycles. The number of carbonyl (C=O) groups is 2. The zero-order chi connectivity index (χ0) is 29.3. The summed E-state index contributed by atoms with van der Waals surface area (Å²) in [5.74, 6) is -0.736. The van der Waals surface area contributed by atoms with Gasteiger partial charge in [0.1, 0.15) is 23.2 Å². The van der Waals surface area contributed by atoms with Crippen molar-refractivity contribution in [3.8, 4) is 5.75 Å². The van der Waals surface area contributed by atoms with Gasteiger partial charge in [0.25, 0.3) is 5.91 Å². The number of carboxylic acids is 1. The molecular formula is C34H30N2O4S2. The van der Waals surface area contributed by atoms with Crippen LogP contribution in [0.25, 0.3) is 6.08 Å². The molecule has 6 nitrogen and oxygen atoms in total. The van der Waals surface area contributed by atoms with E-state index >= 15 is 0 Å². The first-order valence-corrected chi connectivity index (χ1v) is 14.7. The third-order valence-electron chi connectivity index (χ3n) is 6.68. The van der Waals surface area contributed by atoms with E-state index in [1.165, 1.54) is 11.1 Å². The molecule has 5 rings (SSSR count). The lowest BCUT2D eigenvalue weighted by atomic mass is 10.1. The van der Waals surface area contributed by atoms with Crippen LogP contribution in [0.2, 0.25) is 0 Å². The van der Waals surface area contributed by atoms with E-state index in [1.54, 1.807) is 6.08 Å². The molecule has 0 spiro atoms. The Morgan fingerprint density at radius 3 is 1.98 bits per heavy atom. The first-order chi connectivity index (χ1) is 20.4. The summed E-state index contributed by atoms with van der Waals surface area (Å²) >= 11 is 6.39. The second-order valence-electron chi connectivity index (χ2n) is 9.92. The Kier molecular flexibility index (Phi) is 9.82. The monoisotopic (exact) mass is 594 g/mol. The van der Waals surface area contributed by atoms with Gasteiger partial charge in [-0.1, -0.05) is 121 Å². The van der Waals surface area contributed by atoms with E-state index in [1.807, 2.05) is 84.9 Å². The maximum Gasteiger partial charge on any atom is 0.323 e. The number of hydrogen-bond donors (Lipinski definition) is 1. The number of aliphatic carboxylic acids is 1. The molecule has 1 N–H and O–H groups in total. The molecule has 0 saturated carbocycles. The topological polar surface area (TPSA) is 70.1 Å². The highest BCUT2D eigenvalue weighted by Crippen LogP contribution is 2.33. The Morgan fingerprint density at radius 2 is 1.40 bits per heavy atom. The van der Waals surface area contributed by atoms with Crippen LogP contribution in [0.5, 0.6) is 5.75 Å². The molecule has 0 bridgehead atoms. The highest BCUT2D eigenvalue weighted by molar-refractivity contribution is 8.26. The van der Waals surface area contributed by atoms with Crippen molar-refractivity contribution in [1.82, 2.24) is 9.80 Å². The van der Waals surface area contributed by atoms with E-state index in [0.29, 0.717) is 18.1 Å². The quantitative estimate of drug-likeness (QED) is 0.144. The van der Waals surface area contributed by atoms with Crippen molar-refractivity contribution in [2.75, 3.05) is 6.54 Å². The Morgan fingerprint density at radius 1 is 0.833 bits per heavy atom. The Labute approximate surface area is 255 Å². The zero-order valence-corrected chi connectivity index (χ0v) is 24.5. The lowest BCUT2D eigenvalue weighted by molar-refractivity contribution is -0.140. The highest BCUT2D eigenvalue weighted by Gasteiger charge is 2.33. The summed E-state index contributed by atoms with van der Waals surface area (Å²) in [6.45, 7) is 2.07. The van der Waals surface area contributed by atoms with E-state index < -0.39 is 18.4 Å². The molecule has 1 fully saturated rings. The summed E-state index contributed by atoms with van der Waals surface area (Å²) in [5.41, 5.74) is 5.27. The first-order valence-electron chi connectivity index (χ1n) is 13.5. The summed E-state index contributed by atoms with van der Waals surface area (Å²) in [6.07, 6.45) is 1.77. The first kappa shape index (κ1) is 29.3. The van der Waals surface area contributed by atoms with Gasteiger partial charge in [0.05, 0.1) is 4.91 Å². The second kappa shape index (κ2) is 14.1. The van der Waals surface area contributed by atoms with E-state index in [9.17, 15) is 14.7 Å². The molecule has 42 heavy (non-hydrogen) atoms. The summed E-state index contributed by atoms with van der Waals surface area (Å²) in [7, 11) is 0. The van der Waals surface area contributed by atoms with Gasteiger partial charge < -0.3 is 9.84 Å². The summed E-state index contributed by atoms with van der Waals surface area (Å²) in [5, 5.41) is 9.18. The van der Waals surface area contributed by atoms with Crippen molar-refractivity contribution in [3.63, 3.8) is 0 Å². The van der Waals surface area contributed by atoms with Crippen LogP contribution in [0, 0.1) is 0 Å². The van der Waals surface area contributed by atoms with Gasteiger partial charge in [0.15, 0.2) is 0 Å². The predicted octanol–water partition coefficient (Wildman–Crippen LogP) is 6.75. The molecular weight excluding hydrogens is 565 g/mol. The van der Waals surface area contributed by atoms with Gasteiger partial charge in [-0.25, -0.2) is 0 Å². The van der Waals surface area contributed by atoms with Crippen LogP contribution in [0.1, 0.15) is 27.8 Å². The number of amides is 1. The fourth-order valence-corrected chi connectivity index (χ4v) is 5.96. The van der Waals surface area contributed by atoms with Crippen LogP contribution in [-0.2, 0) is 35.8 Å². The van der Waals surface area contributed by atoms with Gasteiger partial charge in [-0.15, -0.1) is 0 Å². The number of thiocarbonyl (C=S) groups is 1. The maximum atomic E-state index is 12.9. The van der Waals surface area contributed by atoms with Crippen molar-refractivity contribution < 1.29 is 19.4 Å². The van der Waals surface area contributed by atoms with Gasteiger partial charge >= 0.3 is 5.97 Å². The number of rotatable bonds is 12. The minimum Gasteiger partial charge on any atom is -0.489 e. The predicted molar refractivity (Wildman–Crippen MR) is 171 cm³/mol. The smallest absolute Gasteiger partial charge is 0.323 e. The van der Waals surface area contributed by atoms with Crippen LogP contribution in [-0.4, -0.2) is 37.6 Å². The molecule has 1 aliphatic rings. The van der Waals surface area contributed by atoms with Crippen LogP contribution < -0.4 is 4.74 Å². The molecule has 4 aromatic rings. The second-order valence-corrected chi connectivity index (χ2v) is 11.6. The fraction of sp³-hybridized carbons (Fsp3) is 0.147. The third-order valence-corrected chi connectivity index (χ3v) is 8.06. The Hall–Kier alpha value is -4.24. The standard InChI is InChI=1S/C34H30N2O4S2/c37-32(38)23-36-33(39)31(42-34(36)41)19-28-16-17-30(40-24-27-14-8-3-9-15-27)29(18-28)22-35(20-25-10-4-1-5-11-25)21-26-12-6-2-7-13-26/h1-19H,20-24H2,(H,37,38). The van der Waals surface area contributed by atoms with Crippen LogP contribution in [0.3, 0.4) is 0 Å². The molecule has 0 atom stereocenters. The molecule has 0 aromatic heterocycles. The number of ether oxygens (including phenoxy) is 1. The van der Waals surface area contributed by atoms with Crippen molar-refractivity contribution in [3.05, 3.63) is 142 Å². The molecule has 1 heterocycles. The summed E-state index contributed by atoms with van der Waals surface area (Å²) in [6, 6.07) is 36.6. The molecule has 0 radical (unpaired) electrons. The lowest BCUT2D eigenvalue weighted by Gasteiger charge is -2.24. The minimum absolute atomic E-state index is 0.244. The van der Waals surface area contributed by atoms with Crippen LogP contribution >= 0.6 is 24.0 Å². The van der Waals surface area contributed by atoms with Gasteiger partial charge in [0.2, 0.25) is 0 Å². The van der Waals surface area contributed by atoms with Crippen LogP contribution in [0.4, 0.5) is 0 Å². The van der Waals surface area contributed by atoms with Gasteiger partial charge in [0, 0.05) is 25.2 Å². The van der Waals surface area contributed by atoms with Crippen molar-refractivity contribution in [2.24, 2.45) is 0 Å². The Bertz CT molecular complexity index is 1540. The maximum absolute atomic E-state index is 12.9. The minimum atomic E-state index is -1.10. The normalized spacial score (nSPS) is 14.1. The molecule has 212 valence electrons. The number of carboxylic acid groups (broad SMARTS) is 1. The molecule has 0 unspecified atom stereocenters. The average Bonchev–Trinajstić information content (AvgIpc) is 3.25. The highest BCUT2D eigenvalue weighted by atomic mass is 32.2. The van der Waals surface area contributed by atoms with E-state index in [2.05, 4.69) is 29.2 Å². The average molecular weight is 595 g/mol. The molecule has 8 heteroatoms. The SMILES string of the molecule is O=C(O)CN1C(=O)C(=Cc2ccc(OCc3ccccc3)c(CN(Cc3ccccc3)Cc3ccccc3)c2)SC1=S. The third kappa shape index (κ3) is 7.94. The Balaban J connectivity index is 1.46. The van der Waals surface area contributed by atoms with Gasteiger partial charge in [-0.05, 0) is 40.5 Å². The lowest BCUT2D eigenvalue weighted by Crippen LogP contribution is -2.33. The molecule has 4 aromatic carbocycles. The van der Waals surface area contributed by atoms with Gasteiger partial charge in [-0.2, -0.15) is 0 Å². The zero-order valence-electron chi connectivity index (χ0n) is 22.9. The molecule has 1 amide bonds. The fourth-order valence-electron chi connectivity index (χ4n) is 4.70. The number of hydrogen-bond acceptors (Lipinski definition) is 6. The van der Waals surface area contributed by atoms with E-state index in [0.717, 1.165) is 52.2 Å². The summed E-state index contributed by atoms with van der Waals surface area (Å²) < 4.78 is 6.58. The largest absolute Gasteiger partial charge is 0.489 e. The van der Waals surface area contributed by atoms with Crippen LogP contribution in [0.15, 0.2) is 114 Å². The van der Waals surface area contributed by atoms with Crippen molar-refractivity contribution >= 4 is 46.3 Å². The molecule has 0 aliphatic carbocycles. The van der Waals surface area contributed by atoms with Gasteiger partial charge in [-0.3, -0.25) is 19.4 Å². The van der Waals surface area contributed by atoms with E-state index in [4.69, 9.17) is 17.0 Å². The number of benzene rings is 4.